The minimum Gasteiger partial charge on any atom is -0.481 e. The average molecular weight is 585 g/mol. The summed E-state index contributed by atoms with van der Waals surface area (Å²) in [7, 11) is 0. The Morgan fingerprint density at radius 2 is 1.60 bits per heavy atom. The summed E-state index contributed by atoms with van der Waals surface area (Å²) in [4.78, 5) is 55.9. The smallest absolute Gasteiger partial charge is 0.303 e. The summed E-state index contributed by atoms with van der Waals surface area (Å²) in [5, 5.41) is 24.6. The highest BCUT2D eigenvalue weighted by molar-refractivity contribution is 6.14. The number of aliphatic carboxylic acids is 2. The first kappa shape index (κ1) is 31.0. The fourth-order valence-electron chi connectivity index (χ4n) is 5.55. The minimum absolute atomic E-state index is 0.0862. The van der Waals surface area contributed by atoms with Crippen LogP contribution in [0.15, 0.2) is 74.8 Å². The summed E-state index contributed by atoms with van der Waals surface area (Å²) < 4.78 is 0. The van der Waals surface area contributed by atoms with Crippen molar-refractivity contribution in [3.63, 3.8) is 0 Å². The van der Waals surface area contributed by atoms with Gasteiger partial charge in [-0.2, -0.15) is 0 Å². The van der Waals surface area contributed by atoms with Gasteiger partial charge in [0.05, 0.1) is 17.3 Å². The zero-order chi connectivity index (χ0) is 31.6. The van der Waals surface area contributed by atoms with Crippen LogP contribution in [0, 0.1) is 12.8 Å². The summed E-state index contributed by atoms with van der Waals surface area (Å²) in [6, 6.07) is 0. The van der Waals surface area contributed by atoms with Crippen LogP contribution in [0.25, 0.3) is 12.2 Å². The fourth-order valence-corrected chi connectivity index (χ4v) is 5.55. The van der Waals surface area contributed by atoms with Gasteiger partial charge < -0.3 is 25.8 Å². The van der Waals surface area contributed by atoms with Crippen molar-refractivity contribution in [1.82, 2.24) is 15.6 Å². The molecule has 224 valence electrons. The van der Waals surface area contributed by atoms with E-state index in [1.807, 2.05) is 52.8 Å². The van der Waals surface area contributed by atoms with Crippen LogP contribution in [0.2, 0.25) is 0 Å². The van der Waals surface area contributed by atoms with Gasteiger partial charge in [0, 0.05) is 41.2 Å². The van der Waals surface area contributed by atoms with E-state index in [1.54, 1.807) is 6.08 Å². The molecule has 3 aliphatic rings. The van der Waals surface area contributed by atoms with Crippen LogP contribution in [-0.2, 0) is 25.6 Å². The summed E-state index contributed by atoms with van der Waals surface area (Å²) in [6.07, 6.45) is 9.14. The number of H-pyrrole nitrogens is 1. The molecule has 1 saturated heterocycles. The molecule has 10 nitrogen and oxygen atoms in total. The Bertz CT molecular complexity index is 1670. The third-order valence-electron chi connectivity index (χ3n) is 8.11. The van der Waals surface area contributed by atoms with Gasteiger partial charge in [-0.1, -0.05) is 18.7 Å². The number of aliphatic imine (C=N–C) groups is 1. The van der Waals surface area contributed by atoms with Gasteiger partial charge in [0.25, 0.3) is 5.91 Å². The maximum absolute atomic E-state index is 12.3. The van der Waals surface area contributed by atoms with Crippen LogP contribution >= 0.6 is 0 Å². The molecule has 0 bridgehead atoms. The Morgan fingerprint density at radius 3 is 2.21 bits per heavy atom. The number of aromatic nitrogens is 1. The minimum atomic E-state index is -0.941. The Balaban J connectivity index is 1.84. The number of allylic oxidation sites excluding steroid dienone is 6. The molecular formula is C33H36N4O6. The van der Waals surface area contributed by atoms with E-state index in [9.17, 15) is 29.4 Å². The highest BCUT2D eigenvalue weighted by Crippen LogP contribution is 2.35. The van der Waals surface area contributed by atoms with E-state index in [2.05, 4.69) is 22.2 Å². The van der Waals surface area contributed by atoms with E-state index >= 15 is 0 Å². The summed E-state index contributed by atoms with van der Waals surface area (Å²) in [6.45, 7) is 13.0. The molecule has 4 rings (SSSR count). The van der Waals surface area contributed by atoms with Gasteiger partial charge in [0.15, 0.2) is 0 Å². The van der Waals surface area contributed by atoms with Gasteiger partial charge in [-0.25, -0.2) is 4.99 Å². The predicted octanol–water partition coefficient (Wildman–Crippen LogP) is 4.89. The maximum Gasteiger partial charge on any atom is 0.303 e. The Morgan fingerprint density at radius 1 is 0.930 bits per heavy atom. The molecule has 0 aliphatic carbocycles. The van der Waals surface area contributed by atoms with Crippen molar-refractivity contribution in [2.75, 3.05) is 0 Å². The average Bonchev–Trinajstić information content (AvgIpc) is 3.59. The molecular weight excluding hydrogens is 548 g/mol. The number of nitrogens with one attached hydrogen (secondary N) is 3. The van der Waals surface area contributed by atoms with Crippen molar-refractivity contribution in [3.05, 3.63) is 92.3 Å². The summed E-state index contributed by atoms with van der Waals surface area (Å²) >= 11 is 0. The second-order valence-electron chi connectivity index (χ2n) is 10.7. The third kappa shape index (κ3) is 6.28. The number of nitrogens with zero attached hydrogens (tertiary/aromatic N) is 1. The van der Waals surface area contributed by atoms with Gasteiger partial charge >= 0.3 is 11.9 Å². The molecule has 1 aromatic rings. The van der Waals surface area contributed by atoms with Crippen molar-refractivity contribution in [3.8, 4) is 0 Å². The molecule has 3 aliphatic heterocycles. The molecule has 0 aromatic carbocycles. The lowest BCUT2D eigenvalue weighted by Crippen LogP contribution is -2.16. The van der Waals surface area contributed by atoms with Crippen LogP contribution in [-0.4, -0.2) is 44.7 Å². The fraction of sp³-hybridized carbons (Fsp3) is 0.303. The number of carboxylic acids is 2. The van der Waals surface area contributed by atoms with Gasteiger partial charge in [-0.15, -0.1) is 0 Å². The molecule has 1 unspecified atom stereocenters. The van der Waals surface area contributed by atoms with Crippen LogP contribution in [0.4, 0.5) is 0 Å². The van der Waals surface area contributed by atoms with Crippen LogP contribution < -0.4 is 10.6 Å². The number of hydrogen-bond donors (Lipinski definition) is 5. The van der Waals surface area contributed by atoms with Gasteiger partial charge in [0.1, 0.15) is 0 Å². The molecule has 1 fully saturated rings. The monoisotopic (exact) mass is 584 g/mol. The van der Waals surface area contributed by atoms with Gasteiger partial charge in [-0.05, 0) is 99.1 Å². The summed E-state index contributed by atoms with van der Waals surface area (Å²) in [5.41, 5.74) is 9.04. The molecule has 1 aromatic heterocycles. The molecule has 1 atom stereocenters. The highest BCUT2D eigenvalue weighted by atomic mass is 16.4. The lowest BCUT2D eigenvalue weighted by Gasteiger charge is -2.06. The van der Waals surface area contributed by atoms with Crippen LogP contribution in [0.5, 0.6) is 0 Å². The van der Waals surface area contributed by atoms with E-state index < -0.39 is 11.9 Å². The molecule has 0 saturated carbocycles. The first-order chi connectivity index (χ1) is 20.4. The molecule has 2 amide bonds. The Hall–Kier alpha value is -4.99. The standard InChI is InChI=1S/C33H36N4O6/c1-7-20-19(6)32(42)37-27(20)14-25-18(5)23(10-12-31(40)41)29(35-25)15-28-22(9-11-30(38)39)17(4)24(34-28)13-26-16(3)21(8-2)33(43)36-26/h7-8,13-15,19,35H,2,9-12H2,1,3-6H3,(H,36,43)(H,37,42)(H,38,39)(H,40,41)/b20-7+,26-13-,27-14-,28-15-. The highest BCUT2D eigenvalue weighted by Gasteiger charge is 2.30. The molecule has 0 radical (unpaired) electrons. The first-order valence-corrected chi connectivity index (χ1v) is 14.1. The Labute approximate surface area is 250 Å². The second-order valence-corrected chi connectivity index (χ2v) is 10.7. The lowest BCUT2D eigenvalue weighted by atomic mass is 9.98. The molecule has 10 heteroatoms. The lowest BCUT2D eigenvalue weighted by molar-refractivity contribution is -0.138. The molecule has 0 spiro atoms. The normalized spacial score (nSPS) is 22.3. The Kier molecular flexibility index (Phi) is 8.99. The van der Waals surface area contributed by atoms with E-state index in [4.69, 9.17) is 4.99 Å². The number of carboxylic acid groups (broad SMARTS) is 2. The van der Waals surface area contributed by atoms with Crippen LogP contribution in [0.1, 0.15) is 69.5 Å². The number of aromatic amines is 1. The first-order valence-electron chi connectivity index (χ1n) is 14.1. The number of carbonyl (C=O) groups is 4. The van der Waals surface area contributed by atoms with Crippen molar-refractivity contribution < 1.29 is 29.4 Å². The van der Waals surface area contributed by atoms with Crippen molar-refractivity contribution in [2.24, 2.45) is 10.9 Å². The van der Waals surface area contributed by atoms with Crippen LogP contribution in [0.3, 0.4) is 0 Å². The zero-order valence-corrected chi connectivity index (χ0v) is 25.0. The van der Waals surface area contributed by atoms with E-state index in [1.165, 1.54) is 6.08 Å². The molecule has 4 heterocycles. The van der Waals surface area contributed by atoms with Crippen molar-refractivity contribution in [1.29, 1.82) is 0 Å². The number of rotatable bonds is 10. The maximum atomic E-state index is 12.3. The topological polar surface area (TPSA) is 161 Å². The van der Waals surface area contributed by atoms with E-state index in [0.717, 1.165) is 39.1 Å². The van der Waals surface area contributed by atoms with E-state index in [-0.39, 0.29) is 43.4 Å². The molecule has 5 N–H and O–H groups in total. The third-order valence-corrected chi connectivity index (χ3v) is 8.11. The number of hydrogen-bond acceptors (Lipinski definition) is 5. The van der Waals surface area contributed by atoms with Gasteiger partial charge in [-0.3, -0.25) is 19.2 Å². The predicted molar refractivity (Wildman–Crippen MR) is 165 cm³/mol. The summed E-state index contributed by atoms with van der Waals surface area (Å²) in [5.74, 6) is -2.50. The number of amides is 2. The van der Waals surface area contributed by atoms with E-state index in [0.29, 0.717) is 34.1 Å². The zero-order valence-electron chi connectivity index (χ0n) is 25.0. The molecule has 43 heavy (non-hydrogen) atoms. The van der Waals surface area contributed by atoms with Crippen molar-refractivity contribution in [2.45, 2.75) is 60.3 Å². The number of carbonyl (C=O) groups excluding carboxylic acids is 2. The SMILES string of the molecule is C=CC1=C(C)/C(=C/C2=NC(=C\c3[nH]c(/C=C4\NC(=O)C(C)\C4=C/C)c(C)c3CCC(=O)O)/C(CCC(=O)O)=C2C)NC1=O. The largest absolute Gasteiger partial charge is 0.481 e. The van der Waals surface area contributed by atoms with Crippen molar-refractivity contribution >= 4 is 41.6 Å². The second kappa shape index (κ2) is 12.5. The quantitative estimate of drug-likeness (QED) is 0.263. The van der Waals surface area contributed by atoms with Gasteiger partial charge in [0.2, 0.25) is 5.91 Å².